The third-order valence-electron chi connectivity index (χ3n) is 3.74. The number of nitrogens with two attached hydrogens (primary N) is 1. The summed E-state index contributed by atoms with van der Waals surface area (Å²) >= 11 is 0. The lowest BCUT2D eigenvalue weighted by Crippen LogP contribution is -2.31. The third kappa shape index (κ3) is 3.39. The van der Waals surface area contributed by atoms with Crippen molar-refractivity contribution in [3.05, 3.63) is 30.3 Å². The first kappa shape index (κ1) is 14.4. The fourth-order valence-corrected chi connectivity index (χ4v) is 2.57. The first-order chi connectivity index (χ1) is 10.7. The molecule has 0 radical (unpaired) electrons. The molecule has 1 aliphatic rings. The van der Waals surface area contributed by atoms with E-state index >= 15 is 0 Å². The molecule has 6 heteroatoms. The van der Waals surface area contributed by atoms with Crippen LogP contribution >= 0.6 is 0 Å². The van der Waals surface area contributed by atoms with Crippen molar-refractivity contribution < 1.29 is 4.74 Å². The van der Waals surface area contributed by atoms with Crippen molar-refractivity contribution in [2.75, 3.05) is 36.1 Å². The van der Waals surface area contributed by atoms with Gasteiger partial charge >= 0.3 is 0 Å². The van der Waals surface area contributed by atoms with Gasteiger partial charge in [0.1, 0.15) is 17.4 Å². The van der Waals surface area contributed by atoms with Gasteiger partial charge in [0.05, 0.1) is 7.11 Å². The smallest absolute Gasteiger partial charge is 0.229 e. The maximum Gasteiger partial charge on any atom is 0.229 e. The van der Waals surface area contributed by atoms with Crippen LogP contribution in [-0.2, 0) is 0 Å². The van der Waals surface area contributed by atoms with Gasteiger partial charge in [0.2, 0.25) is 5.95 Å². The van der Waals surface area contributed by atoms with Gasteiger partial charge in [0.25, 0.3) is 0 Å². The van der Waals surface area contributed by atoms with Crippen LogP contribution in [0.25, 0.3) is 0 Å². The number of nitrogens with one attached hydrogen (secondary N) is 1. The van der Waals surface area contributed by atoms with Crippen molar-refractivity contribution in [3.63, 3.8) is 0 Å². The molecule has 0 aliphatic carbocycles. The Bertz CT molecular complexity index is 623. The lowest BCUT2D eigenvalue weighted by Gasteiger charge is -2.27. The van der Waals surface area contributed by atoms with E-state index in [1.165, 1.54) is 19.3 Å². The van der Waals surface area contributed by atoms with E-state index in [2.05, 4.69) is 20.2 Å². The van der Waals surface area contributed by atoms with Gasteiger partial charge in [-0.2, -0.15) is 9.97 Å². The van der Waals surface area contributed by atoms with Crippen LogP contribution in [0.2, 0.25) is 0 Å². The van der Waals surface area contributed by atoms with E-state index in [-0.39, 0.29) is 0 Å². The van der Waals surface area contributed by atoms with Gasteiger partial charge in [-0.1, -0.05) is 0 Å². The number of rotatable bonds is 4. The van der Waals surface area contributed by atoms with E-state index < -0.39 is 0 Å². The summed E-state index contributed by atoms with van der Waals surface area (Å²) in [5.41, 5.74) is 6.86. The Kier molecular flexibility index (Phi) is 4.27. The Hall–Kier alpha value is -2.50. The van der Waals surface area contributed by atoms with Gasteiger partial charge in [-0.3, -0.25) is 0 Å². The Morgan fingerprint density at radius 2 is 1.82 bits per heavy atom. The van der Waals surface area contributed by atoms with E-state index in [9.17, 15) is 0 Å². The lowest BCUT2D eigenvalue weighted by atomic mass is 10.1. The van der Waals surface area contributed by atoms with Gasteiger partial charge in [0, 0.05) is 24.8 Å². The highest BCUT2D eigenvalue weighted by atomic mass is 16.5. The molecule has 3 rings (SSSR count). The molecule has 0 unspecified atom stereocenters. The second kappa shape index (κ2) is 6.51. The minimum atomic E-state index is 0.478. The number of hydrogen-bond donors (Lipinski definition) is 2. The molecule has 6 nitrogen and oxygen atoms in total. The summed E-state index contributed by atoms with van der Waals surface area (Å²) in [4.78, 5) is 11.1. The maximum atomic E-state index is 5.93. The number of nitrogens with zero attached hydrogens (tertiary/aromatic N) is 3. The molecule has 1 aliphatic heterocycles. The van der Waals surface area contributed by atoms with Crippen LogP contribution in [0.5, 0.6) is 5.75 Å². The summed E-state index contributed by atoms with van der Waals surface area (Å²) in [6.07, 6.45) is 3.63. The van der Waals surface area contributed by atoms with Crippen molar-refractivity contribution >= 4 is 23.3 Å². The van der Waals surface area contributed by atoms with Crippen LogP contribution in [0.4, 0.5) is 23.3 Å². The van der Waals surface area contributed by atoms with Crippen molar-refractivity contribution in [2.45, 2.75) is 19.3 Å². The van der Waals surface area contributed by atoms with E-state index in [1.807, 2.05) is 24.3 Å². The zero-order chi connectivity index (χ0) is 15.4. The number of hydrogen-bond acceptors (Lipinski definition) is 6. The van der Waals surface area contributed by atoms with E-state index in [1.54, 1.807) is 13.2 Å². The van der Waals surface area contributed by atoms with Crippen LogP contribution < -0.4 is 20.7 Å². The minimum absolute atomic E-state index is 0.478. The van der Waals surface area contributed by atoms with Gasteiger partial charge < -0.3 is 20.7 Å². The quantitative estimate of drug-likeness (QED) is 0.904. The van der Waals surface area contributed by atoms with Gasteiger partial charge in [-0.05, 0) is 43.5 Å². The molecule has 1 aromatic carbocycles. The number of benzene rings is 1. The Balaban J connectivity index is 1.79. The van der Waals surface area contributed by atoms with E-state index in [4.69, 9.17) is 10.5 Å². The fraction of sp³-hybridized carbons (Fsp3) is 0.375. The first-order valence-corrected chi connectivity index (χ1v) is 7.55. The topological polar surface area (TPSA) is 76.3 Å². The van der Waals surface area contributed by atoms with Crippen LogP contribution in [0, 0.1) is 0 Å². The number of nitrogen functional groups attached to an aromatic ring is 1. The lowest BCUT2D eigenvalue weighted by molar-refractivity contribution is 0.415. The van der Waals surface area contributed by atoms with Crippen LogP contribution in [0.3, 0.4) is 0 Å². The van der Waals surface area contributed by atoms with E-state index in [0.717, 1.165) is 24.5 Å². The average Bonchev–Trinajstić information content (AvgIpc) is 2.56. The van der Waals surface area contributed by atoms with Crippen LogP contribution in [0.1, 0.15) is 19.3 Å². The molecule has 1 fully saturated rings. The molecule has 1 saturated heterocycles. The summed E-state index contributed by atoms with van der Waals surface area (Å²) in [5, 5.41) is 3.26. The Labute approximate surface area is 130 Å². The molecule has 0 spiro atoms. The number of anilines is 4. The molecule has 1 aromatic heterocycles. The van der Waals surface area contributed by atoms with Crippen molar-refractivity contribution in [2.24, 2.45) is 0 Å². The normalized spacial score (nSPS) is 14.7. The minimum Gasteiger partial charge on any atom is -0.497 e. The molecule has 2 heterocycles. The first-order valence-electron chi connectivity index (χ1n) is 7.55. The van der Waals surface area contributed by atoms with Crippen molar-refractivity contribution in [3.8, 4) is 5.75 Å². The molecule has 3 N–H and O–H groups in total. The predicted molar refractivity (Wildman–Crippen MR) is 88.8 cm³/mol. The Morgan fingerprint density at radius 3 is 2.50 bits per heavy atom. The molecule has 116 valence electrons. The number of methoxy groups -OCH3 is 1. The van der Waals surface area contributed by atoms with E-state index in [0.29, 0.717) is 17.6 Å². The van der Waals surface area contributed by atoms with Crippen LogP contribution in [-0.4, -0.2) is 30.2 Å². The molecule has 0 saturated carbocycles. The second-order valence-corrected chi connectivity index (χ2v) is 5.38. The standard InChI is InChI=1S/C16H21N5O/c1-22-13-7-5-12(6-8-13)18-15-11-14(17)19-16(20-15)21-9-3-2-4-10-21/h5-8,11H,2-4,9-10H2,1H3,(H3,17,18,19,20). The summed E-state index contributed by atoms with van der Waals surface area (Å²) < 4.78 is 5.16. The zero-order valence-electron chi connectivity index (χ0n) is 12.7. The van der Waals surface area contributed by atoms with Gasteiger partial charge in [-0.25, -0.2) is 0 Å². The average molecular weight is 299 g/mol. The van der Waals surface area contributed by atoms with Crippen LogP contribution in [0.15, 0.2) is 30.3 Å². The maximum absolute atomic E-state index is 5.93. The monoisotopic (exact) mass is 299 g/mol. The van der Waals surface area contributed by atoms with Gasteiger partial charge in [0.15, 0.2) is 0 Å². The summed E-state index contributed by atoms with van der Waals surface area (Å²) in [6.45, 7) is 1.98. The highest BCUT2D eigenvalue weighted by Gasteiger charge is 2.14. The molecular formula is C16H21N5O. The van der Waals surface area contributed by atoms with Crippen molar-refractivity contribution in [1.29, 1.82) is 0 Å². The summed E-state index contributed by atoms with van der Waals surface area (Å²) in [6, 6.07) is 9.43. The Morgan fingerprint density at radius 1 is 1.09 bits per heavy atom. The third-order valence-corrected chi connectivity index (χ3v) is 3.74. The van der Waals surface area contributed by atoms with Gasteiger partial charge in [-0.15, -0.1) is 0 Å². The molecule has 0 bridgehead atoms. The molecule has 22 heavy (non-hydrogen) atoms. The molecular weight excluding hydrogens is 278 g/mol. The number of piperidine rings is 1. The zero-order valence-corrected chi connectivity index (χ0v) is 12.7. The largest absolute Gasteiger partial charge is 0.497 e. The highest BCUT2D eigenvalue weighted by molar-refractivity contribution is 5.61. The second-order valence-electron chi connectivity index (χ2n) is 5.38. The summed E-state index contributed by atoms with van der Waals surface area (Å²) in [5.74, 6) is 2.71. The number of aromatic nitrogens is 2. The molecule has 2 aromatic rings. The summed E-state index contributed by atoms with van der Waals surface area (Å²) in [7, 11) is 1.65. The highest BCUT2D eigenvalue weighted by Crippen LogP contribution is 2.23. The SMILES string of the molecule is COc1ccc(Nc2cc(N)nc(N3CCCCC3)n2)cc1. The molecule has 0 amide bonds. The molecule has 0 atom stereocenters. The predicted octanol–water partition coefficient (Wildman–Crippen LogP) is 2.80. The van der Waals surface area contributed by atoms with Crippen molar-refractivity contribution in [1.82, 2.24) is 9.97 Å². The fourth-order valence-electron chi connectivity index (χ4n) is 2.57. The number of ether oxygens (including phenoxy) is 1.